The molecule has 2 aromatic rings. The Morgan fingerprint density at radius 3 is 2.50 bits per heavy atom. The molecule has 0 saturated heterocycles. The van der Waals surface area contributed by atoms with E-state index in [2.05, 4.69) is 10.1 Å². The van der Waals surface area contributed by atoms with Crippen molar-refractivity contribution in [3.63, 3.8) is 0 Å². The molecular formula is C14H12ClFN2O2. The summed E-state index contributed by atoms with van der Waals surface area (Å²) < 4.78 is 18.1. The van der Waals surface area contributed by atoms with Crippen LogP contribution in [-0.4, -0.2) is 15.4 Å². The maximum absolute atomic E-state index is 12.7. The van der Waals surface area contributed by atoms with Crippen LogP contribution in [0.4, 0.5) is 4.39 Å². The standard InChI is InChI=1S/C14H12ClFN2O2/c15-13(18-19)7-10-1-3-11(4-2-10)9-20-14-6-5-12(16)8-17-14/h1-6,8,19H,7,9H2/b18-13-. The van der Waals surface area contributed by atoms with E-state index in [9.17, 15) is 4.39 Å². The Labute approximate surface area is 120 Å². The molecule has 0 unspecified atom stereocenters. The van der Waals surface area contributed by atoms with Gasteiger partial charge in [0, 0.05) is 12.5 Å². The Hall–Kier alpha value is -2.14. The average Bonchev–Trinajstić information content (AvgIpc) is 2.48. The van der Waals surface area contributed by atoms with E-state index in [1.165, 1.54) is 12.1 Å². The summed E-state index contributed by atoms with van der Waals surface area (Å²) in [6, 6.07) is 10.2. The van der Waals surface area contributed by atoms with E-state index < -0.39 is 5.82 Å². The van der Waals surface area contributed by atoms with Crippen molar-refractivity contribution >= 4 is 16.8 Å². The zero-order valence-corrected chi connectivity index (χ0v) is 11.2. The van der Waals surface area contributed by atoms with Gasteiger partial charge in [0.05, 0.1) is 6.20 Å². The zero-order chi connectivity index (χ0) is 14.4. The molecule has 0 aliphatic rings. The molecule has 2 rings (SSSR count). The second-order valence-corrected chi connectivity index (χ2v) is 4.51. The van der Waals surface area contributed by atoms with Crippen molar-refractivity contribution in [1.29, 1.82) is 0 Å². The smallest absolute Gasteiger partial charge is 0.213 e. The molecule has 20 heavy (non-hydrogen) atoms. The molecule has 0 aliphatic heterocycles. The van der Waals surface area contributed by atoms with Crippen molar-refractivity contribution in [1.82, 2.24) is 4.98 Å². The molecule has 4 nitrogen and oxygen atoms in total. The molecule has 0 aliphatic carbocycles. The van der Waals surface area contributed by atoms with Crippen LogP contribution in [0.3, 0.4) is 0 Å². The van der Waals surface area contributed by atoms with Crippen LogP contribution < -0.4 is 4.74 Å². The molecule has 1 aromatic heterocycles. The highest BCUT2D eigenvalue weighted by Crippen LogP contribution is 2.11. The third-order valence-electron chi connectivity index (χ3n) is 2.57. The minimum Gasteiger partial charge on any atom is -0.473 e. The summed E-state index contributed by atoms with van der Waals surface area (Å²) in [5.74, 6) is -0.0323. The highest BCUT2D eigenvalue weighted by atomic mass is 35.5. The van der Waals surface area contributed by atoms with Gasteiger partial charge in [-0.15, -0.1) is 0 Å². The second-order valence-electron chi connectivity index (χ2n) is 4.07. The number of rotatable bonds is 5. The van der Waals surface area contributed by atoms with Crippen molar-refractivity contribution < 1.29 is 14.3 Å². The maximum atomic E-state index is 12.7. The van der Waals surface area contributed by atoms with Gasteiger partial charge in [-0.1, -0.05) is 41.0 Å². The van der Waals surface area contributed by atoms with Gasteiger partial charge in [-0.25, -0.2) is 9.37 Å². The van der Waals surface area contributed by atoms with Crippen LogP contribution in [-0.2, 0) is 13.0 Å². The zero-order valence-electron chi connectivity index (χ0n) is 10.5. The Morgan fingerprint density at radius 2 is 1.90 bits per heavy atom. The lowest BCUT2D eigenvalue weighted by atomic mass is 10.1. The van der Waals surface area contributed by atoms with Crippen LogP contribution in [0.1, 0.15) is 11.1 Å². The molecule has 0 bridgehead atoms. The van der Waals surface area contributed by atoms with E-state index in [4.69, 9.17) is 21.5 Å². The van der Waals surface area contributed by atoms with Gasteiger partial charge < -0.3 is 9.94 Å². The van der Waals surface area contributed by atoms with Crippen molar-refractivity contribution in [2.75, 3.05) is 0 Å². The molecule has 1 heterocycles. The van der Waals surface area contributed by atoms with Gasteiger partial charge in [-0.3, -0.25) is 0 Å². The number of aromatic nitrogens is 1. The van der Waals surface area contributed by atoms with Crippen LogP contribution in [0, 0.1) is 5.82 Å². The van der Waals surface area contributed by atoms with Crippen molar-refractivity contribution in [3.8, 4) is 5.88 Å². The topological polar surface area (TPSA) is 54.7 Å². The number of pyridine rings is 1. The summed E-state index contributed by atoms with van der Waals surface area (Å²) >= 11 is 5.63. The third-order valence-corrected chi connectivity index (χ3v) is 2.78. The van der Waals surface area contributed by atoms with E-state index in [0.29, 0.717) is 18.9 Å². The number of ether oxygens (including phenoxy) is 1. The van der Waals surface area contributed by atoms with Gasteiger partial charge in [0.25, 0.3) is 0 Å². The first-order chi connectivity index (χ1) is 9.67. The van der Waals surface area contributed by atoms with E-state index in [1.54, 1.807) is 0 Å². The van der Waals surface area contributed by atoms with Crippen LogP contribution >= 0.6 is 11.6 Å². The summed E-state index contributed by atoms with van der Waals surface area (Å²) in [5, 5.41) is 11.5. The van der Waals surface area contributed by atoms with Gasteiger partial charge in [-0.05, 0) is 17.2 Å². The Balaban J connectivity index is 1.92. The van der Waals surface area contributed by atoms with Gasteiger partial charge in [0.15, 0.2) is 0 Å². The summed E-state index contributed by atoms with van der Waals surface area (Å²) in [6.07, 6.45) is 1.48. The Morgan fingerprint density at radius 1 is 1.20 bits per heavy atom. The normalized spacial score (nSPS) is 11.4. The average molecular weight is 295 g/mol. The minimum atomic E-state index is -0.399. The molecule has 0 atom stereocenters. The highest BCUT2D eigenvalue weighted by molar-refractivity contribution is 6.65. The molecule has 0 radical (unpaired) electrons. The predicted octanol–water partition coefficient (Wildman–Crippen LogP) is 3.37. The van der Waals surface area contributed by atoms with Crippen molar-refractivity contribution in [3.05, 3.63) is 59.5 Å². The molecule has 0 saturated carbocycles. The first kappa shape index (κ1) is 14.3. The lowest BCUT2D eigenvalue weighted by molar-refractivity contribution is 0.293. The summed E-state index contributed by atoms with van der Waals surface area (Å²) in [7, 11) is 0. The Kier molecular flexibility index (Phi) is 4.90. The number of nitrogens with zero attached hydrogens (tertiary/aromatic N) is 2. The molecular weight excluding hydrogens is 283 g/mol. The summed E-state index contributed by atoms with van der Waals surface area (Å²) in [4.78, 5) is 3.80. The highest BCUT2D eigenvalue weighted by Gasteiger charge is 2.01. The van der Waals surface area contributed by atoms with Gasteiger partial charge in [-0.2, -0.15) is 0 Å². The quantitative estimate of drug-likeness (QED) is 0.522. The molecule has 0 amide bonds. The number of oxime groups is 1. The molecule has 1 N–H and O–H groups in total. The number of hydrogen-bond acceptors (Lipinski definition) is 4. The lowest BCUT2D eigenvalue weighted by Crippen LogP contribution is -1.99. The fourth-order valence-electron chi connectivity index (χ4n) is 1.56. The molecule has 104 valence electrons. The fourth-order valence-corrected chi connectivity index (χ4v) is 1.72. The number of benzene rings is 1. The summed E-state index contributed by atoms with van der Waals surface area (Å²) in [6.45, 7) is 0.334. The summed E-state index contributed by atoms with van der Waals surface area (Å²) in [5.41, 5.74) is 1.87. The molecule has 6 heteroatoms. The predicted molar refractivity (Wildman–Crippen MR) is 73.7 cm³/mol. The molecule has 1 aromatic carbocycles. The van der Waals surface area contributed by atoms with Crippen LogP contribution in [0.15, 0.2) is 47.8 Å². The first-order valence-electron chi connectivity index (χ1n) is 5.86. The van der Waals surface area contributed by atoms with Crippen molar-refractivity contribution in [2.24, 2.45) is 5.16 Å². The first-order valence-corrected chi connectivity index (χ1v) is 6.24. The van der Waals surface area contributed by atoms with E-state index in [0.717, 1.165) is 17.3 Å². The number of halogens is 2. The monoisotopic (exact) mass is 294 g/mol. The van der Waals surface area contributed by atoms with Crippen LogP contribution in [0.25, 0.3) is 0 Å². The Bertz CT molecular complexity index is 585. The fraction of sp³-hybridized carbons (Fsp3) is 0.143. The van der Waals surface area contributed by atoms with E-state index >= 15 is 0 Å². The largest absolute Gasteiger partial charge is 0.473 e. The lowest BCUT2D eigenvalue weighted by Gasteiger charge is -2.06. The SMILES string of the molecule is O/N=C(\Cl)Cc1ccc(COc2ccc(F)cn2)cc1. The van der Waals surface area contributed by atoms with E-state index in [-0.39, 0.29) is 5.17 Å². The molecule has 0 spiro atoms. The van der Waals surface area contributed by atoms with Gasteiger partial charge in [0.1, 0.15) is 17.6 Å². The second kappa shape index (κ2) is 6.86. The third kappa shape index (κ3) is 4.20. The maximum Gasteiger partial charge on any atom is 0.213 e. The minimum absolute atomic E-state index is 0.129. The van der Waals surface area contributed by atoms with Crippen molar-refractivity contribution in [2.45, 2.75) is 13.0 Å². The van der Waals surface area contributed by atoms with Gasteiger partial charge >= 0.3 is 0 Å². The molecule has 0 fully saturated rings. The number of hydrogen-bond donors (Lipinski definition) is 1. The van der Waals surface area contributed by atoms with Crippen LogP contribution in [0.2, 0.25) is 0 Å². The van der Waals surface area contributed by atoms with E-state index in [1.807, 2.05) is 24.3 Å². The van der Waals surface area contributed by atoms with Gasteiger partial charge in [0.2, 0.25) is 5.88 Å². The van der Waals surface area contributed by atoms with Crippen LogP contribution in [0.5, 0.6) is 5.88 Å².